The molecule has 1 amide bonds. The summed E-state index contributed by atoms with van der Waals surface area (Å²) in [5.74, 6) is 1.13. The van der Waals surface area contributed by atoms with Crippen LogP contribution in [0, 0.1) is 11.8 Å². The van der Waals surface area contributed by atoms with Crippen molar-refractivity contribution in [1.29, 1.82) is 0 Å². The standard InChI is InChI=1S/C17H30N2O3/c1-11(22-10-15-6-3-7-21-15)17(20)19-16-12-4-2-5-13(16)9-14(18)8-12/h11-16H,2-10,18H2,1H3,(H,19,20). The summed E-state index contributed by atoms with van der Waals surface area (Å²) < 4.78 is 11.2. The lowest BCUT2D eigenvalue weighted by atomic mass is 9.67. The van der Waals surface area contributed by atoms with Crippen molar-refractivity contribution in [3.8, 4) is 0 Å². The van der Waals surface area contributed by atoms with Gasteiger partial charge in [-0.15, -0.1) is 0 Å². The molecule has 2 bridgehead atoms. The summed E-state index contributed by atoms with van der Waals surface area (Å²) >= 11 is 0. The minimum atomic E-state index is -0.402. The second-order valence-corrected chi connectivity index (χ2v) is 7.33. The number of carbonyl (C=O) groups excluding carboxylic acids is 1. The Morgan fingerprint density at radius 3 is 2.64 bits per heavy atom. The third-order valence-corrected chi connectivity index (χ3v) is 5.61. The zero-order valence-corrected chi connectivity index (χ0v) is 13.6. The zero-order chi connectivity index (χ0) is 15.5. The lowest BCUT2D eigenvalue weighted by molar-refractivity contribution is -0.136. The summed E-state index contributed by atoms with van der Waals surface area (Å²) in [6.45, 7) is 3.19. The molecule has 1 saturated heterocycles. The molecule has 4 unspecified atom stereocenters. The molecule has 3 N–H and O–H groups in total. The summed E-state index contributed by atoms with van der Waals surface area (Å²) in [5, 5.41) is 3.26. The van der Waals surface area contributed by atoms with Crippen molar-refractivity contribution in [1.82, 2.24) is 5.32 Å². The second kappa shape index (κ2) is 7.28. The van der Waals surface area contributed by atoms with Gasteiger partial charge >= 0.3 is 0 Å². The highest BCUT2D eigenvalue weighted by Crippen LogP contribution is 2.39. The maximum Gasteiger partial charge on any atom is 0.249 e. The molecule has 0 aromatic carbocycles. The number of hydrogen-bond donors (Lipinski definition) is 2. The molecule has 5 nitrogen and oxygen atoms in total. The van der Waals surface area contributed by atoms with E-state index < -0.39 is 6.10 Å². The molecule has 126 valence electrons. The van der Waals surface area contributed by atoms with Crippen LogP contribution in [0.2, 0.25) is 0 Å². The summed E-state index contributed by atoms with van der Waals surface area (Å²) in [5.41, 5.74) is 6.14. The van der Waals surface area contributed by atoms with Gasteiger partial charge in [0.05, 0.1) is 12.7 Å². The highest BCUT2D eigenvalue weighted by Gasteiger charge is 2.40. The molecule has 3 rings (SSSR count). The second-order valence-electron chi connectivity index (χ2n) is 7.33. The summed E-state index contributed by atoms with van der Waals surface area (Å²) in [6.07, 6.45) is 7.67. The van der Waals surface area contributed by atoms with Gasteiger partial charge in [-0.2, -0.15) is 0 Å². The fraction of sp³-hybridized carbons (Fsp3) is 0.941. The predicted molar refractivity (Wildman–Crippen MR) is 84.4 cm³/mol. The van der Waals surface area contributed by atoms with Gasteiger partial charge in [-0.25, -0.2) is 0 Å². The van der Waals surface area contributed by atoms with Gasteiger partial charge in [0.2, 0.25) is 5.91 Å². The monoisotopic (exact) mass is 310 g/mol. The molecule has 5 heteroatoms. The van der Waals surface area contributed by atoms with Crippen molar-refractivity contribution in [2.45, 2.75) is 76.2 Å². The molecule has 4 atom stereocenters. The molecule has 0 radical (unpaired) electrons. The molecule has 3 aliphatic rings. The van der Waals surface area contributed by atoms with Gasteiger partial charge in [-0.05, 0) is 57.3 Å². The van der Waals surface area contributed by atoms with E-state index in [0.717, 1.165) is 32.3 Å². The van der Waals surface area contributed by atoms with Gasteiger partial charge < -0.3 is 20.5 Å². The highest BCUT2D eigenvalue weighted by atomic mass is 16.5. The first kappa shape index (κ1) is 16.2. The Hall–Kier alpha value is -0.650. The van der Waals surface area contributed by atoms with Crippen LogP contribution in [0.4, 0.5) is 0 Å². The largest absolute Gasteiger partial charge is 0.376 e. The molecule has 1 aliphatic heterocycles. The maximum atomic E-state index is 12.4. The van der Waals surface area contributed by atoms with Crippen LogP contribution in [0.1, 0.15) is 51.9 Å². The van der Waals surface area contributed by atoms with Crippen LogP contribution in [0.15, 0.2) is 0 Å². The number of fused-ring (bicyclic) bond motifs is 2. The first-order valence-electron chi connectivity index (χ1n) is 8.92. The molecule has 2 saturated carbocycles. The Labute approximate surface area is 133 Å². The molecule has 2 aliphatic carbocycles. The first-order valence-corrected chi connectivity index (χ1v) is 8.92. The van der Waals surface area contributed by atoms with E-state index in [1.54, 1.807) is 0 Å². The van der Waals surface area contributed by atoms with Crippen molar-refractivity contribution >= 4 is 5.91 Å². The smallest absolute Gasteiger partial charge is 0.249 e. The molecular formula is C17H30N2O3. The number of hydrogen-bond acceptors (Lipinski definition) is 4. The SMILES string of the molecule is CC(OCC1CCCO1)C(=O)NC1C2CCCC1CC(N)C2. The van der Waals surface area contributed by atoms with Crippen LogP contribution in [0.25, 0.3) is 0 Å². The Morgan fingerprint density at radius 2 is 2.00 bits per heavy atom. The quantitative estimate of drug-likeness (QED) is 0.809. The molecule has 3 fully saturated rings. The number of carbonyl (C=O) groups is 1. The van der Waals surface area contributed by atoms with Gasteiger partial charge in [-0.1, -0.05) is 6.42 Å². The van der Waals surface area contributed by atoms with Crippen LogP contribution in [0.5, 0.6) is 0 Å². The number of rotatable bonds is 5. The van der Waals surface area contributed by atoms with Crippen LogP contribution in [0.3, 0.4) is 0 Å². The van der Waals surface area contributed by atoms with Crippen molar-refractivity contribution in [3.63, 3.8) is 0 Å². The van der Waals surface area contributed by atoms with Crippen LogP contribution < -0.4 is 11.1 Å². The highest BCUT2D eigenvalue weighted by molar-refractivity contribution is 5.80. The van der Waals surface area contributed by atoms with Gasteiger partial charge in [0.25, 0.3) is 0 Å². The Balaban J connectivity index is 1.47. The lowest BCUT2D eigenvalue weighted by Gasteiger charge is -2.45. The van der Waals surface area contributed by atoms with E-state index in [2.05, 4.69) is 5.32 Å². The Morgan fingerprint density at radius 1 is 1.27 bits per heavy atom. The van der Waals surface area contributed by atoms with E-state index in [1.807, 2.05) is 6.92 Å². The fourth-order valence-corrected chi connectivity index (χ4v) is 4.41. The topological polar surface area (TPSA) is 73.6 Å². The van der Waals surface area contributed by atoms with Crippen molar-refractivity contribution < 1.29 is 14.3 Å². The fourth-order valence-electron chi connectivity index (χ4n) is 4.41. The molecule has 1 heterocycles. The Kier molecular flexibility index (Phi) is 5.37. The minimum absolute atomic E-state index is 0.0235. The maximum absolute atomic E-state index is 12.4. The van der Waals surface area contributed by atoms with E-state index >= 15 is 0 Å². The molecule has 22 heavy (non-hydrogen) atoms. The average molecular weight is 310 g/mol. The van der Waals surface area contributed by atoms with Crippen LogP contribution >= 0.6 is 0 Å². The van der Waals surface area contributed by atoms with Crippen molar-refractivity contribution in [2.75, 3.05) is 13.2 Å². The number of nitrogens with one attached hydrogen (secondary N) is 1. The lowest BCUT2D eigenvalue weighted by Crippen LogP contribution is -2.55. The van der Waals surface area contributed by atoms with Gasteiger partial charge in [0.1, 0.15) is 6.10 Å². The third kappa shape index (κ3) is 3.81. The summed E-state index contributed by atoms with van der Waals surface area (Å²) in [7, 11) is 0. The van der Waals surface area contributed by atoms with E-state index in [1.165, 1.54) is 19.3 Å². The number of ether oxygens (including phenoxy) is 2. The van der Waals surface area contributed by atoms with Crippen LogP contribution in [-0.2, 0) is 14.3 Å². The molecular weight excluding hydrogens is 280 g/mol. The zero-order valence-electron chi connectivity index (χ0n) is 13.6. The van der Waals surface area contributed by atoms with Crippen LogP contribution in [-0.4, -0.2) is 43.4 Å². The summed E-state index contributed by atoms with van der Waals surface area (Å²) in [6, 6.07) is 0.617. The summed E-state index contributed by atoms with van der Waals surface area (Å²) in [4.78, 5) is 12.4. The molecule has 0 aromatic heterocycles. The average Bonchev–Trinajstić information content (AvgIpc) is 2.99. The van der Waals surface area contributed by atoms with Gasteiger partial charge in [-0.3, -0.25) is 4.79 Å². The minimum Gasteiger partial charge on any atom is -0.376 e. The normalized spacial score (nSPS) is 39.5. The molecule has 0 aromatic rings. The van der Waals surface area contributed by atoms with Crippen molar-refractivity contribution in [3.05, 3.63) is 0 Å². The third-order valence-electron chi connectivity index (χ3n) is 5.61. The molecule has 0 spiro atoms. The van der Waals surface area contributed by atoms with E-state index in [9.17, 15) is 4.79 Å². The number of nitrogens with two attached hydrogens (primary N) is 1. The number of amides is 1. The first-order chi connectivity index (χ1) is 10.6. The van der Waals surface area contributed by atoms with Crippen molar-refractivity contribution in [2.24, 2.45) is 17.6 Å². The van der Waals surface area contributed by atoms with E-state index in [0.29, 0.717) is 30.5 Å². The van der Waals surface area contributed by atoms with Gasteiger partial charge in [0.15, 0.2) is 0 Å². The van der Waals surface area contributed by atoms with E-state index in [-0.39, 0.29) is 12.0 Å². The van der Waals surface area contributed by atoms with E-state index in [4.69, 9.17) is 15.2 Å². The Bertz CT molecular complexity index is 370. The predicted octanol–water partition coefficient (Wildman–Crippen LogP) is 1.59. The van der Waals surface area contributed by atoms with Gasteiger partial charge in [0, 0.05) is 18.7 Å².